The van der Waals surface area contributed by atoms with Crippen molar-refractivity contribution in [3.63, 3.8) is 0 Å². The summed E-state index contributed by atoms with van der Waals surface area (Å²) in [6.45, 7) is 0.234. The molecule has 0 aliphatic heterocycles. The third-order valence-electron chi connectivity index (χ3n) is 2.88. The zero-order chi connectivity index (χ0) is 15.9. The summed E-state index contributed by atoms with van der Waals surface area (Å²) in [5, 5.41) is 2.74. The van der Waals surface area contributed by atoms with Crippen LogP contribution in [0.1, 0.15) is 5.56 Å². The van der Waals surface area contributed by atoms with Crippen molar-refractivity contribution in [2.24, 2.45) is 0 Å². The van der Waals surface area contributed by atoms with E-state index in [0.717, 1.165) is 11.3 Å². The van der Waals surface area contributed by atoms with Gasteiger partial charge in [-0.1, -0.05) is 12.1 Å². The van der Waals surface area contributed by atoms with Crippen LogP contribution >= 0.6 is 15.9 Å². The fraction of sp³-hybridized carbons (Fsp3) is 0.188. The lowest BCUT2D eigenvalue weighted by atomic mass is 10.2. The largest absolute Gasteiger partial charge is 0.497 e. The minimum atomic E-state index is -0.373. The molecule has 0 aliphatic rings. The molecule has 1 amide bonds. The highest BCUT2D eigenvalue weighted by Gasteiger charge is 2.07. The molecule has 0 spiro atoms. The van der Waals surface area contributed by atoms with Gasteiger partial charge in [0.05, 0.1) is 11.6 Å². The van der Waals surface area contributed by atoms with Gasteiger partial charge in [0.15, 0.2) is 6.61 Å². The van der Waals surface area contributed by atoms with Crippen molar-refractivity contribution in [3.05, 3.63) is 58.3 Å². The topological polar surface area (TPSA) is 47.6 Å². The molecule has 0 radical (unpaired) electrons. The molecule has 6 heteroatoms. The first-order chi connectivity index (χ1) is 10.6. The molecule has 22 heavy (non-hydrogen) atoms. The number of carbonyl (C=O) groups is 1. The SMILES string of the molecule is COc1cccc(CNC(=O)COc2ccc(F)cc2Br)c1. The maximum Gasteiger partial charge on any atom is 0.258 e. The summed E-state index contributed by atoms with van der Waals surface area (Å²) in [6.07, 6.45) is 0. The van der Waals surface area contributed by atoms with E-state index in [0.29, 0.717) is 16.8 Å². The summed E-state index contributed by atoms with van der Waals surface area (Å²) in [6, 6.07) is 11.4. The Labute approximate surface area is 136 Å². The summed E-state index contributed by atoms with van der Waals surface area (Å²) in [4.78, 5) is 11.8. The lowest BCUT2D eigenvalue weighted by Gasteiger charge is -2.09. The number of benzene rings is 2. The fourth-order valence-electron chi connectivity index (χ4n) is 1.77. The molecule has 0 saturated heterocycles. The zero-order valence-corrected chi connectivity index (χ0v) is 13.5. The van der Waals surface area contributed by atoms with Crippen LogP contribution in [0.15, 0.2) is 46.9 Å². The van der Waals surface area contributed by atoms with Crippen molar-refractivity contribution in [2.75, 3.05) is 13.7 Å². The van der Waals surface area contributed by atoms with Gasteiger partial charge in [-0.25, -0.2) is 4.39 Å². The Hall–Kier alpha value is -2.08. The van der Waals surface area contributed by atoms with Crippen molar-refractivity contribution < 1.29 is 18.7 Å². The number of rotatable bonds is 6. The van der Waals surface area contributed by atoms with E-state index >= 15 is 0 Å². The summed E-state index contributed by atoms with van der Waals surface area (Å²) >= 11 is 3.18. The Morgan fingerprint density at radius 2 is 2.09 bits per heavy atom. The highest BCUT2D eigenvalue weighted by molar-refractivity contribution is 9.10. The van der Waals surface area contributed by atoms with Gasteiger partial charge in [0.25, 0.3) is 5.91 Å². The van der Waals surface area contributed by atoms with Crippen molar-refractivity contribution in [1.29, 1.82) is 0 Å². The number of carbonyl (C=O) groups excluding carboxylic acids is 1. The van der Waals surface area contributed by atoms with Gasteiger partial charge in [0, 0.05) is 6.54 Å². The maximum absolute atomic E-state index is 12.9. The van der Waals surface area contributed by atoms with Crippen LogP contribution < -0.4 is 14.8 Å². The van der Waals surface area contributed by atoms with Crippen molar-refractivity contribution in [3.8, 4) is 11.5 Å². The molecule has 0 bridgehead atoms. The number of hydrogen-bond donors (Lipinski definition) is 1. The second-order valence-electron chi connectivity index (χ2n) is 4.49. The lowest BCUT2D eigenvalue weighted by molar-refractivity contribution is -0.123. The third-order valence-corrected chi connectivity index (χ3v) is 3.50. The highest BCUT2D eigenvalue weighted by Crippen LogP contribution is 2.25. The molecule has 2 aromatic carbocycles. The molecule has 0 fully saturated rings. The molecular weight excluding hydrogens is 353 g/mol. The maximum atomic E-state index is 12.9. The number of nitrogens with one attached hydrogen (secondary N) is 1. The first-order valence-electron chi connectivity index (χ1n) is 6.56. The zero-order valence-electron chi connectivity index (χ0n) is 11.9. The van der Waals surface area contributed by atoms with Gasteiger partial charge in [-0.15, -0.1) is 0 Å². The summed E-state index contributed by atoms with van der Waals surface area (Å²) < 4.78 is 23.9. The van der Waals surface area contributed by atoms with Gasteiger partial charge in [0.1, 0.15) is 17.3 Å². The van der Waals surface area contributed by atoms with E-state index in [1.807, 2.05) is 24.3 Å². The predicted molar refractivity (Wildman–Crippen MR) is 84.4 cm³/mol. The lowest BCUT2D eigenvalue weighted by Crippen LogP contribution is -2.28. The first kappa shape index (κ1) is 16.3. The van der Waals surface area contributed by atoms with Gasteiger partial charge >= 0.3 is 0 Å². The van der Waals surface area contributed by atoms with Crippen molar-refractivity contribution >= 4 is 21.8 Å². The molecule has 2 rings (SSSR count). The Morgan fingerprint density at radius 1 is 1.27 bits per heavy atom. The minimum Gasteiger partial charge on any atom is -0.497 e. The Morgan fingerprint density at radius 3 is 2.82 bits per heavy atom. The minimum absolute atomic E-state index is 0.145. The first-order valence-corrected chi connectivity index (χ1v) is 7.35. The highest BCUT2D eigenvalue weighted by atomic mass is 79.9. The fourth-order valence-corrected chi connectivity index (χ4v) is 2.23. The van der Waals surface area contributed by atoms with E-state index in [9.17, 15) is 9.18 Å². The number of methoxy groups -OCH3 is 1. The van der Waals surface area contributed by atoms with E-state index in [1.54, 1.807) is 7.11 Å². The van der Waals surface area contributed by atoms with Crippen LogP contribution in [-0.2, 0) is 11.3 Å². The Kier molecular flexibility index (Phi) is 5.77. The number of halogens is 2. The number of amides is 1. The standard InChI is InChI=1S/C16H15BrFNO3/c1-21-13-4-2-3-11(7-13)9-19-16(20)10-22-15-6-5-12(18)8-14(15)17/h2-8H,9-10H2,1H3,(H,19,20). The van der Waals surface area contributed by atoms with E-state index in [-0.39, 0.29) is 18.3 Å². The molecule has 0 aromatic heterocycles. The molecule has 2 aromatic rings. The van der Waals surface area contributed by atoms with Crippen LogP contribution in [0.25, 0.3) is 0 Å². The second kappa shape index (κ2) is 7.79. The van der Waals surface area contributed by atoms with Crippen molar-refractivity contribution in [2.45, 2.75) is 6.54 Å². The van der Waals surface area contributed by atoms with Crippen molar-refractivity contribution in [1.82, 2.24) is 5.32 Å². The summed E-state index contributed by atoms with van der Waals surface area (Å²) in [5.74, 6) is 0.511. The van der Waals surface area contributed by atoms with E-state index < -0.39 is 0 Å². The average Bonchev–Trinajstić information content (AvgIpc) is 2.52. The van der Waals surface area contributed by atoms with E-state index in [1.165, 1.54) is 18.2 Å². The molecule has 0 saturated carbocycles. The second-order valence-corrected chi connectivity index (χ2v) is 5.35. The molecule has 0 unspecified atom stereocenters. The summed E-state index contributed by atoms with van der Waals surface area (Å²) in [5.41, 5.74) is 0.927. The van der Waals surface area contributed by atoms with Gasteiger partial charge < -0.3 is 14.8 Å². The van der Waals surface area contributed by atoms with Crippen LogP contribution in [-0.4, -0.2) is 19.6 Å². The van der Waals surface area contributed by atoms with Gasteiger partial charge in [0.2, 0.25) is 0 Å². The van der Waals surface area contributed by atoms with E-state index in [2.05, 4.69) is 21.2 Å². The smallest absolute Gasteiger partial charge is 0.258 e. The third kappa shape index (κ3) is 4.73. The molecule has 0 heterocycles. The average molecular weight is 368 g/mol. The van der Waals surface area contributed by atoms with Gasteiger partial charge in [-0.3, -0.25) is 4.79 Å². The normalized spacial score (nSPS) is 10.1. The van der Waals surface area contributed by atoms with Crippen LogP contribution in [0.4, 0.5) is 4.39 Å². The van der Waals surface area contributed by atoms with Crippen LogP contribution in [0.3, 0.4) is 0 Å². The summed E-state index contributed by atoms with van der Waals surface area (Å²) in [7, 11) is 1.59. The number of hydrogen-bond acceptors (Lipinski definition) is 3. The van der Waals surface area contributed by atoms with Crippen LogP contribution in [0.2, 0.25) is 0 Å². The Bertz CT molecular complexity index is 664. The molecule has 1 N–H and O–H groups in total. The predicted octanol–water partition coefficient (Wildman–Crippen LogP) is 3.29. The van der Waals surface area contributed by atoms with E-state index in [4.69, 9.17) is 9.47 Å². The quantitative estimate of drug-likeness (QED) is 0.851. The molecule has 0 aliphatic carbocycles. The molecule has 4 nitrogen and oxygen atoms in total. The van der Waals surface area contributed by atoms with Crippen LogP contribution in [0.5, 0.6) is 11.5 Å². The van der Waals surface area contributed by atoms with Gasteiger partial charge in [-0.05, 0) is 51.8 Å². The Balaban J connectivity index is 1.82. The van der Waals surface area contributed by atoms with Crippen LogP contribution in [0, 0.1) is 5.82 Å². The molecular formula is C16H15BrFNO3. The number of ether oxygens (including phenoxy) is 2. The molecule has 0 atom stereocenters. The van der Waals surface area contributed by atoms with Gasteiger partial charge in [-0.2, -0.15) is 0 Å². The molecule has 116 valence electrons. The monoisotopic (exact) mass is 367 g/mol.